The van der Waals surface area contributed by atoms with Gasteiger partial charge >= 0.3 is 12.9 Å². The molecule has 0 aliphatic carbocycles. The Morgan fingerprint density at radius 3 is 2.83 bits per heavy atom. The number of hydrogen-bond donors (Lipinski definition) is 0. The monoisotopic (exact) mass is 259 g/mol. The van der Waals surface area contributed by atoms with E-state index in [0.29, 0.717) is 6.20 Å². The summed E-state index contributed by atoms with van der Waals surface area (Å²) in [5, 5.41) is 3.58. The molecule has 96 valence electrons. The molecule has 2 aromatic rings. The van der Waals surface area contributed by atoms with Gasteiger partial charge in [0.1, 0.15) is 0 Å². The quantitative estimate of drug-likeness (QED) is 0.587. The molecule has 0 atom stereocenters. The first-order valence-electron chi connectivity index (χ1n) is 5.01. The number of halogens is 3. The first-order chi connectivity index (χ1) is 8.41. The number of esters is 1. The van der Waals surface area contributed by atoms with E-state index in [1.165, 1.54) is 0 Å². The Bertz CT molecular complexity index is 598. The summed E-state index contributed by atoms with van der Waals surface area (Å²) < 4.78 is 42.8. The van der Waals surface area contributed by atoms with Gasteiger partial charge in [0.2, 0.25) is 0 Å². The summed E-state index contributed by atoms with van der Waals surface area (Å²) >= 11 is 0. The van der Waals surface area contributed by atoms with Gasteiger partial charge in [-0.3, -0.25) is 0 Å². The van der Waals surface area contributed by atoms with E-state index in [1.54, 1.807) is 6.92 Å². The number of carbonyl (C=O) groups excluding carboxylic acids is 1. The van der Waals surface area contributed by atoms with Gasteiger partial charge in [-0.25, -0.2) is 14.3 Å². The maximum absolute atomic E-state index is 12.5. The fraction of sp³-hybridized carbons (Fsp3) is 0.250. The van der Waals surface area contributed by atoms with Gasteiger partial charge in [0.25, 0.3) is 11.6 Å². The number of ether oxygens (including phenoxy) is 1. The van der Waals surface area contributed by atoms with E-state index in [0.717, 1.165) is 10.7 Å². The van der Waals surface area contributed by atoms with Crippen molar-refractivity contribution in [3.05, 3.63) is 18.2 Å². The number of nitrogens with zero attached hydrogens (tertiary/aromatic N) is 4. The number of carbonyl (C=O) groups is 1. The van der Waals surface area contributed by atoms with Crippen molar-refractivity contribution in [2.75, 3.05) is 6.61 Å². The van der Waals surface area contributed by atoms with Gasteiger partial charge < -0.3 is 17.7 Å². The molecule has 0 radical (unpaired) electrons. The van der Waals surface area contributed by atoms with E-state index < -0.39 is 18.4 Å². The molecule has 0 aliphatic rings. The highest BCUT2D eigenvalue weighted by Crippen LogP contribution is 2.08. The van der Waals surface area contributed by atoms with E-state index in [1.807, 2.05) is 0 Å². The van der Waals surface area contributed by atoms with Crippen LogP contribution >= 0.6 is 0 Å². The van der Waals surface area contributed by atoms with Gasteiger partial charge in [0, 0.05) is 12.4 Å². The molecule has 6 nitrogen and oxygen atoms in total. The van der Waals surface area contributed by atoms with Crippen LogP contribution < -0.4 is 5.46 Å². The minimum absolute atomic E-state index is 0.0955. The molecule has 2 aromatic heterocycles. The average Bonchev–Trinajstić information content (AvgIpc) is 2.70. The van der Waals surface area contributed by atoms with Crippen molar-refractivity contribution in [3.63, 3.8) is 0 Å². The SMILES string of the molecule is CCOC(=O)c1nc2ncc([B-](F)(F)F)cn2n1. The van der Waals surface area contributed by atoms with Crippen LogP contribution in [0.2, 0.25) is 0 Å². The fourth-order valence-corrected chi connectivity index (χ4v) is 1.25. The molecule has 0 saturated heterocycles. The molecule has 0 bridgehead atoms. The van der Waals surface area contributed by atoms with Gasteiger partial charge in [-0.1, -0.05) is 5.46 Å². The zero-order valence-corrected chi connectivity index (χ0v) is 9.18. The Morgan fingerprint density at radius 1 is 1.50 bits per heavy atom. The predicted octanol–water partition coefficient (Wildman–Crippen LogP) is 0.355. The predicted molar refractivity (Wildman–Crippen MR) is 55.5 cm³/mol. The van der Waals surface area contributed by atoms with Crippen LogP contribution in [0.25, 0.3) is 5.78 Å². The lowest BCUT2D eigenvalue weighted by atomic mass is 9.83. The Morgan fingerprint density at radius 2 is 2.22 bits per heavy atom. The molecule has 18 heavy (non-hydrogen) atoms. The van der Waals surface area contributed by atoms with Crippen LogP contribution in [0.15, 0.2) is 12.4 Å². The van der Waals surface area contributed by atoms with Crippen molar-refractivity contribution in [2.45, 2.75) is 6.92 Å². The first kappa shape index (κ1) is 12.3. The second kappa shape index (κ2) is 4.28. The smallest absolute Gasteiger partial charge is 0.460 e. The molecular formula is C8H7BF3N4O2-. The summed E-state index contributed by atoms with van der Waals surface area (Å²) in [4.78, 5) is 18.4. The topological polar surface area (TPSA) is 69.4 Å². The highest BCUT2D eigenvalue weighted by molar-refractivity contribution is 6.73. The lowest BCUT2D eigenvalue weighted by Gasteiger charge is -2.12. The second-order valence-corrected chi connectivity index (χ2v) is 3.36. The summed E-state index contributed by atoms with van der Waals surface area (Å²) in [5.41, 5.74) is -0.914. The fourth-order valence-electron chi connectivity index (χ4n) is 1.25. The Hall–Kier alpha value is -2.13. The van der Waals surface area contributed by atoms with Crippen LogP contribution in [-0.4, -0.2) is 39.1 Å². The molecule has 2 heterocycles. The normalized spacial score (nSPS) is 11.8. The molecule has 0 aromatic carbocycles. The molecule has 0 fully saturated rings. The average molecular weight is 259 g/mol. The van der Waals surface area contributed by atoms with Crippen LogP contribution in [-0.2, 0) is 4.74 Å². The number of aromatic nitrogens is 4. The van der Waals surface area contributed by atoms with E-state index in [9.17, 15) is 17.7 Å². The zero-order chi connectivity index (χ0) is 13.3. The van der Waals surface area contributed by atoms with Gasteiger partial charge in [-0.15, -0.1) is 5.10 Å². The largest absolute Gasteiger partial charge is 0.512 e. The molecule has 0 aliphatic heterocycles. The van der Waals surface area contributed by atoms with Crippen molar-refractivity contribution >= 4 is 24.2 Å². The van der Waals surface area contributed by atoms with Gasteiger partial charge in [0.05, 0.1) is 6.61 Å². The summed E-state index contributed by atoms with van der Waals surface area (Å²) in [6.07, 6.45) is 1.39. The maximum atomic E-state index is 12.5. The van der Waals surface area contributed by atoms with Crippen molar-refractivity contribution < 1.29 is 22.5 Å². The van der Waals surface area contributed by atoms with Crippen LogP contribution in [0, 0.1) is 0 Å². The third kappa shape index (κ3) is 2.26. The molecule has 0 spiro atoms. The molecule has 0 N–H and O–H groups in total. The van der Waals surface area contributed by atoms with Crippen LogP contribution in [0.3, 0.4) is 0 Å². The van der Waals surface area contributed by atoms with Crippen molar-refractivity contribution in [2.24, 2.45) is 0 Å². The van der Waals surface area contributed by atoms with E-state index in [4.69, 9.17) is 0 Å². The number of hydrogen-bond acceptors (Lipinski definition) is 5. The zero-order valence-electron chi connectivity index (χ0n) is 9.18. The summed E-state index contributed by atoms with van der Waals surface area (Å²) in [5.74, 6) is -1.22. The van der Waals surface area contributed by atoms with Crippen molar-refractivity contribution in [3.8, 4) is 0 Å². The van der Waals surface area contributed by atoms with Gasteiger partial charge in [0.15, 0.2) is 0 Å². The maximum Gasteiger partial charge on any atom is 0.512 e. The molecule has 10 heteroatoms. The van der Waals surface area contributed by atoms with Gasteiger partial charge in [-0.2, -0.15) is 4.98 Å². The summed E-state index contributed by atoms with van der Waals surface area (Å²) in [6.45, 7) is -3.45. The van der Waals surface area contributed by atoms with E-state index in [2.05, 4.69) is 19.8 Å². The third-order valence-corrected chi connectivity index (χ3v) is 2.05. The van der Waals surface area contributed by atoms with E-state index >= 15 is 0 Å². The van der Waals surface area contributed by atoms with Crippen molar-refractivity contribution in [1.29, 1.82) is 0 Å². The molecule has 2 rings (SSSR count). The lowest BCUT2D eigenvalue weighted by molar-refractivity contribution is 0.0512. The molecule has 0 saturated carbocycles. The highest BCUT2D eigenvalue weighted by Gasteiger charge is 2.27. The molecule has 0 amide bonds. The number of fused-ring (bicyclic) bond motifs is 1. The summed E-state index contributed by atoms with van der Waals surface area (Å²) in [7, 11) is 0. The Kier molecular flexibility index (Phi) is 2.93. The Balaban J connectivity index is 2.43. The summed E-state index contributed by atoms with van der Waals surface area (Å²) in [6, 6.07) is 0. The van der Waals surface area contributed by atoms with Crippen LogP contribution in [0.1, 0.15) is 17.5 Å². The standard InChI is InChI=1S/C8H7BF3N4O2/c1-2-18-7(17)6-14-8-13-3-5(9(10,11)12)4-16(8)15-6/h3-4H,2H2,1H3/q-1. The van der Waals surface area contributed by atoms with Gasteiger partial charge in [-0.05, 0) is 6.92 Å². The van der Waals surface area contributed by atoms with Crippen LogP contribution in [0.4, 0.5) is 12.9 Å². The molecular weight excluding hydrogens is 252 g/mol. The Labute approximate surface area is 98.8 Å². The highest BCUT2D eigenvalue weighted by atomic mass is 19.4. The minimum Gasteiger partial charge on any atom is -0.460 e. The first-order valence-corrected chi connectivity index (χ1v) is 5.01. The molecule has 0 unspecified atom stereocenters. The second-order valence-electron chi connectivity index (χ2n) is 3.36. The van der Waals surface area contributed by atoms with Crippen molar-refractivity contribution in [1.82, 2.24) is 19.6 Å². The third-order valence-electron chi connectivity index (χ3n) is 2.05. The van der Waals surface area contributed by atoms with E-state index in [-0.39, 0.29) is 18.2 Å². The number of rotatable bonds is 3. The minimum atomic E-state index is -5.17. The van der Waals surface area contributed by atoms with Crippen LogP contribution in [0.5, 0.6) is 0 Å². The lowest BCUT2D eigenvalue weighted by Crippen LogP contribution is -2.35.